The summed E-state index contributed by atoms with van der Waals surface area (Å²) in [5.41, 5.74) is 5.32. The van der Waals surface area contributed by atoms with Crippen molar-refractivity contribution in [2.75, 3.05) is 44.2 Å². The van der Waals surface area contributed by atoms with Crippen LogP contribution in [0.5, 0.6) is 5.75 Å². The number of likely N-dealkylation sites (tertiary alicyclic amines) is 3. The number of H-pyrrole nitrogens is 1. The number of phenols is 1. The second-order valence-corrected chi connectivity index (χ2v) is 19.8. The number of aromatic amines is 1. The first-order valence-electron chi connectivity index (χ1n) is 23.7. The van der Waals surface area contributed by atoms with E-state index < -0.39 is 41.2 Å². The topological polar surface area (TPSA) is 196 Å². The molecule has 4 aliphatic heterocycles. The minimum atomic E-state index is -0.954. The monoisotopic (exact) mass is 925 g/mol. The van der Waals surface area contributed by atoms with Gasteiger partial charge in [-0.1, -0.05) is 44.9 Å². The molecule has 0 spiro atoms. The Morgan fingerprint density at radius 3 is 2.41 bits per heavy atom. The number of hydrogen-bond acceptors (Lipinski definition) is 11. The van der Waals surface area contributed by atoms with Crippen molar-refractivity contribution in [1.29, 1.82) is 0 Å². The molecule has 3 aromatic heterocycles. The lowest BCUT2D eigenvalue weighted by atomic mass is 9.85. The minimum Gasteiger partial charge on any atom is -0.507 e. The number of carbonyl (C=O) groups excluding carboxylic acids is 3. The first-order chi connectivity index (χ1) is 32.7. The molecule has 9 rings (SSSR count). The van der Waals surface area contributed by atoms with Crippen molar-refractivity contribution in [3.05, 3.63) is 94.7 Å². The zero-order valence-corrected chi connectivity index (χ0v) is 39.1. The van der Waals surface area contributed by atoms with Gasteiger partial charge in [0.2, 0.25) is 17.8 Å². The summed E-state index contributed by atoms with van der Waals surface area (Å²) in [6, 6.07) is 11.6. The van der Waals surface area contributed by atoms with E-state index in [4.69, 9.17) is 16.4 Å². The number of terminal acetylenes is 1. The van der Waals surface area contributed by atoms with Gasteiger partial charge in [0.05, 0.1) is 23.4 Å². The number of phenolic OH excluding ortho intramolecular Hbond substituents is 1. The van der Waals surface area contributed by atoms with Crippen LogP contribution in [0.25, 0.3) is 22.3 Å². The van der Waals surface area contributed by atoms with Gasteiger partial charge < -0.3 is 45.4 Å². The van der Waals surface area contributed by atoms with Crippen LogP contribution in [0.3, 0.4) is 0 Å². The van der Waals surface area contributed by atoms with Crippen molar-refractivity contribution in [3.8, 4) is 29.4 Å². The van der Waals surface area contributed by atoms with E-state index in [1.165, 1.54) is 17.0 Å². The van der Waals surface area contributed by atoms with Crippen molar-refractivity contribution in [2.24, 2.45) is 5.41 Å². The largest absolute Gasteiger partial charge is 0.507 e. The molecule has 4 amide bonds. The summed E-state index contributed by atoms with van der Waals surface area (Å²) >= 11 is 0. The zero-order valence-electron chi connectivity index (χ0n) is 39.1. The van der Waals surface area contributed by atoms with Crippen molar-refractivity contribution in [1.82, 2.24) is 50.5 Å². The summed E-state index contributed by atoms with van der Waals surface area (Å²) in [5, 5.41) is 36.7. The number of β-amino-alcohol motifs (C(OH)–C–C–N with tert-alkyl or cyclic N) is 1. The average Bonchev–Trinajstić information content (AvgIpc) is 3.93. The van der Waals surface area contributed by atoms with E-state index in [0.29, 0.717) is 47.8 Å². The Morgan fingerprint density at radius 2 is 1.72 bits per heavy atom. The van der Waals surface area contributed by atoms with Crippen molar-refractivity contribution in [2.45, 2.75) is 109 Å². The Hall–Kier alpha value is -6.64. The van der Waals surface area contributed by atoms with Gasteiger partial charge in [0.25, 0.3) is 0 Å². The van der Waals surface area contributed by atoms with Crippen LogP contribution >= 0.6 is 0 Å². The normalized spacial score (nSPS) is 21.1. The molecule has 356 valence electrons. The SMILES string of the molecule is C#Cc1ccc(CNC(=O)[C@@H]2C[C@@H](O)CN2C(=O)[C@@H](NC(=O)N2CCC(N3CCC(c4cnc(N5CCc6[nH]c7nnc(-c8ccccc8O)cc7c6[C@H]5C)nc4)CC3)CC2)C(C)(C)C)cc1F. The molecule has 0 bridgehead atoms. The van der Waals surface area contributed by atoms with Crippen LogP contribution in [0.15, 0.2) is 60.9 Å². The third kappa shape index (κ3) is 9.44. The molecule has 16 nitrogen and oxygen atoms in total. The number of halogens is 1. The molecule has 5 N–H and O–H groups in total. The summed E-state index contributed by atoms with van der Waals surface area (Å²) in [5.74, 6) is 2.00. The first-order valence-corrected chi connectivity index (χ1v) is 23.7. The number of amides is 4. The standard InChI is InChI=1S/C51H60FN11O5/c1-6-32-12-11-31(23-39(32)52)26-53-47(66)42-24-36(64)29-63(42)48(67)45(51(3,4)5)57-50(68)61-20-15-35(16-21-61)60-18-13-33(14-19-60)34-27-54-49(55-28-34)62-22-17-40-44(30(62)2)38-25-41(58-59-46(38)56-40)37-9-7-8-10-43(37)65/h1,7-12,23,25,27-28,30,33,35-36,42,45,64-65H,13-22,24,26,29H2,2-5H3,(H,53,66)(H,56,59)(H,57,68)/t30-,36-,42+,45-/m1/s1. The van der Waals surface area contributed by atoms with E-state index >= 15 is 0 Å². The number of fused-ring (bicyclic) bond motifs is 3. The number of para-hydroxylation sites is 1. The van der Waals surface area contributed by atoms with Crippen molar-refractivity contribution >= 4 is 34.8 Å². The molecule has 4 aliphatic rings. The molecule has 0 aliphatic carbocycles. The number of aromatic nitrogens is 5. The average molecular weight is 926 g/mol. The molecule has 17 heteroatoms. The number of carbonyl (C=O) groups is 3. The summed E-state index contributed by atoms with van der Waals surface area (Å²) in [4.78, 5) is 62.6. The number of rotatable bonds is 9. The van der Waals surface area contributed by atoms with Crippen LogP contribution in [-0.4, -0.2) is 131 Å². The lowest BCUT2D eigenvalue weighted by molar-refractivity contribution is -0.142. The Balaban J connectivity index is 0.760. The number of aromatic hydroxyl groups is 1. The molecule has 5 aromatic rings. The molecule has 68 heavy (non-hydrogen) atoms. The van der Waals surface area contributed by atoms with Crippen LogP contribution < -0.4 is 15.5 Å². The second-order valence-electron chi connectivity index (χ2n) is 19.8. The summed E-state index contributed by atoms with van der Waals surface area (Å²) in [6.45, 7) is 11.5. The molecule has 0 saturated carbocycles. The molecule has 0 unspecified atom stereocenters. The van der Waals surface area contributed by atoms with E-state index in [2.05, 4.69) is 48.5 Å². The number of piperidine rings is 2. The van der Waals surface area contributed by atoms with Crippen molar-refractivity contribution in [3.63, 3.8) is 0 Å². The van der Waals surface area contributed by atoms with Crippen LogP contribution in [0.4, 0.5) is 15.1 Å². The second kappa shape index (κ2) is 19.2. The van der Waals surface area contributed by atoms with E-state index in [1.807, 2.05) is 51.4 Å². The maximum atomic E-state index is 14.3. The van der Waals surface area contributed by atoms with Crippen LogP contribution in [0.2, 0.25) is 0 Å². The molecular weight excluding hydrogens is 866 g/mol. The fraction of sp³-hybridized carbons (Fsp3) is 0.471. The van der Waals surface area contributed by atoms with Gasteiger partial charge in [-0.15, -0.1) is 16.6 Å². The van der Waals surface area contributed by atoms with Gasteiger partial charge in [-0.05, 0) is 98.5 Å². The summed E-state index contributed by atoms with van der Waals surface area (Å²) in [6.07, 6.45) is 12.8. The van der Waals surface area contributed by atoms with Gasteiger partial charge in [-0.2, -0.15) is 0 Å². The number of aliphatic hydroxyl groups is 1. The number of urea groups is 1. The number of nitrogens with one attached hydrogen (secondary N) is 3. The fourth-order valence-electron chi connectivity index (χ4n) is 10.6. The molecular formula is C51H60FN11O5. The van der Waals surface area contributed by atoms with E-state index in [-0.39, 0.29) is 42.9 Å². The Morgan fingerprint density at radius 1 is 0.985 bits per heavy atom. The maximum Gasteiger partial charge on any atom is 0.318 e. The van der Waals surface area contributed by atoms with Crippen LogP contribution in [0.1, 0.15) is 99.7 Å². The van der Waals surface area contributed by atoms with Crippen LogP contribution in [0, 0.1) is 23.6 Å². The maximum absolute atomic E-state index is 14.3. The number of aliphatic hydroxyl groups excluding tert-OH is 1. The number of nitrogens with zero attached hydrogens (tertiary/aromatic N) is 8. The number of benzene rings is 2. The van der Waals surface area contributed by atoms with Gasteiger partial charge in [-0.25, -0.2) is 19.2 Å². The van der Waals surface area contributed by atoms with Gasteiger partial charge in [0, 0.05) is 86.2 Å². The van der Waals surface area contributed by atoms with Gasteiger partial charge >= 0.3 is 6.03 Å². The lowest BCUT2D eigenvalue weighted by Crippen LogP contribution is -2.60. The first kappa shape index (κ1) is 46.5. The Labute approximate surface area is 395 Å². The zero-order chi connectivity index (χ0) is 47.9. The summed E-state index contributed by atoms with van der Waals surface area (Å²) in [7, 11) is 0. The van der Waals surface area contributed by atoms with E-state index in [1.54, 1.807) is 23.1 Å². The van der Waals surface area contributed by atoms with Gasteiger partial charge in [-0.3, -0.25) is 9.59 Å². The highest BCUT2D eigenvalue weighted by Gasteiger charge is 2.45. The Bertz CT molecular complexity index is 2720. The van der Waals surface area contributed by atoms with Crippen molar-refractivity contribution < 1.29 is 29.0 Å². The third-order valence-corrected chi connectivity index (χ3v) is 14.4. The number of anilines is 1. The fourth-order valence-corrected chi connectivity index (χ4v) is 10.6. The molecule has 0 radical (unpaired) electrons. The predicted molar refractivity (Wildman–Crippen MR) is 255 cm³/mol. The number of hydrogen-bond donors (Lipinski definition) is 5. The van der Waals surface area contributed by atoms with E-state index in [0.717, 1.165) is 79.6 Å². The quantitative estimate of drug-likeness (QED) is 0.119. The van der Waals surface area contributed by atoms with Gasteiger partial charge in [0.1, 0.15) is 23.7 Å². The summed E-state index contributed by atoms with van der Waals surface area (Å²) < 4.78 is 14.3. The molecule has 3 saturated heterocycles. The molecule has 2 aromatic carbocycles. The lowest BCUT2D eigenvalue weighted by Gasteiger charge is -2.42. The molecule has 7 heterocycles. The molecule has 3 fully saturated rings. The minimum absolute atomic E-state index is 0.00745. The highest BCUT2D eigenvalue weighted by Crippen LogP contribution is 2.39. The van der Waals surface area contributed by atoms with E-state index in [9.17, 15) is 29.0 Å². The highest BCUT2D eigenvalue weighted by atomic mass is 19.1. The predicted octanol–water partition coefficient (Wildman–Crippen LogP) is 5.41. The molecule has 4 atom stereocenters. The smallest absolute Gasteiger partial charge is 0.318 e. The highest BCUT2D eigenvalue weighted by molar-refractivity contribution is 5.93. The van der Waals surface area contributed by atoms with Crippen LogP contribution in [-0.2, 0) is 22.6 Å². The third-order valence-electron chi connectivity index (χ3n) is 14.4. The Kier molecular flexibility index (Phi) is 13.1. The van der Waals surface area contributed by atoms with Gasteiger partial charge in [0.15, 0.2) is 5.65 Å².